The zero-order chi connectivity index (χ0) is 12.4. The van der Waals surface area contributed by atoms with Crippen molar-refractivity contribution in [2.45, 2.75) is 12.8 Å². The van der Waals surface area contributed by atoms with Crippen LogP contribution < -0.4 is 5.69 Å². The lowest BCUT2D eigenvalue weighted by molar-refractivity contribution is -0.138. The summed E-state index contributed by atoms with van der Waals surface area (Å²) in [5.74, 6) is -1.48. The first-order valence-corrected chi connectivity index (χ1v) is 5.19. The number of imidazole rings is 1. The molecule has 0 saturated heterocycles. The van der Waals surface area contributed by atoms with Gasteiger partial charge in [-0.05, 0) is 24.6 Å². The van der Waals surface area contributed by atoms with Gasteiger partial charge in [0.25, 0.3) is 0 Å². The van der Waals surface area contributed by atoms with E-state index in [1.807, 2.05) is 0 Å². The molecule has 1 aromatic carbocycles. The first-order valence-electron chi connectivity index (χ1n) is 5.19. The Labute approximate surface area is 97.3 Å². The number of carbonyl (C=O) groups is 1. The van der Waals surface area contributed by atoms with Crippen molar-refractivity contribution < 1.29 is 9.90 Å². The number of hydrogen-bond donors (Lipinski definition) is 2. The third-order valence-electron chi connectivity index (χ3n) is 2.67. The maximum atomic E-state index is 11.4. The number of nitrogens with zero attached hydrogens (tertiary/aromatic N) is 1. The maximum absolute atomic E-state index is 11.4. The summed E-state index contributed by atoms with van der Waals surface area (Å²) < 4.78 is 1.43. The molecule has 0 bridgehead atoms. The highest BCUT2D eigenvalue weighted by Crippen LogP contribution is 2.18. The van der Waals surface area contributed by atoms with Crippen molar-refractivity contribution in [1.82, 2.24) is 9.55 Å². The highest BCUT2D eigenvalue weighted by Gasteiger charge is 2.14. The molecular weight excluding hydrogens is 220 g/mol. The van der Waals surface area contributed by atoms with Crippen LogP contribution in [0.25, 0.3) is 5.69 Å². The molecular formula is C12H12N2O3. The molecule has 5 heteroatoms. The molecule has 0 aliphatic heterocycles. The molecule has 0 saturated carbocycles. The average Bonchev–Trinajstić information content (AvgIpc) is 2.74. The first-order chi connectivity index (χ1) is 8.09. The van der Waals surface area contributed by atoms with Crippen LogP contribution in [0.5, 0.6) is 0 Å². The van der Waals surface area contributed by atoms with Gasteiger partial charge in [-0.1, -0.05) is 12.1 Å². The van der Waals surface area contributed by atoms with Crippen molar-refractivity contribution in [2.75, 3.05) is 0 Å². The van der Waals surface area contributed by atoms with Crippen LogP contribution in [0.1, 0.15) is 18.4 Å². The molecule has 0 radical (unpaired) electrons. The summed E-state index contributed by atoms with van der Waals surface area (Å²) in [6, 6.07) is 6.94. The van der Waals surface area contributed by atoms with E-state index in [0.29, 0.717) is 11.3 Å². The number of nitrogens with one attached hydrogen (secondary N) is 1. The average molecular weight is 232 g/mol. The van der Waals surface area contributed by atoms with Gasteiger partial charge in [0.1, 0.15) is 0 Å². The molecule has 1 aromatic heterocycles. The fourth-order valence-electron chi connectivity index (χ4n) is 1.61. The largest absolute Gasteiger partial charge is 0.481 e. The summed E-state index contributed by atoms with van der Waals surface area (Å²) in [4.78, 5) is 24.8. The maximum Gasteiger partial charge on any atom is 0.330 e. The van der Waals surface area contributed by atoms with E-state index < -0.39 is 11.9 Å². The van der Waals surface area contributed by atoms with E-state index in [-0.39, 0.29) is 5.69 Å². The highest BCUT2D eigenvalue weighted by atomic mass is 16.4. The molecule has 0 spiro atoms. The molecule has 17 heavy (non-hydrogen) atoms. The number of carboxylic acids is 1. The monoisotopic (exact) mass is 232 g/mol. The molecule has 0 aliphatic carbocycles. The lowest BCUT2D eigenvalue weighted by Gasteiger charge is -2.08. The predicted molar refractivity (Wildman–Crippen MR) is 62.4 cm³/mol. The van der Waals surface area contributed by atoms with Gasteiger partial charge in [-0.3, -0.25) is 9.36 Å². The topological polar surface area (TPSA) is 75.1 Å². The molecule has 2 N–H and O–H groups in total. The Bertz CT molecular complexity index is 598. The first kappa shape index (κ1) is 11.2. The van der Waals surface area contributed by atoms with E-state index in [1.54, 1.807) is 37.4 Å². The molecule has 0 amide bonds. The van der Waals surface area contributed by atoms with Gasteiger partial charge in [0, 0.05) is 12.4 Å². The minimum absolute atomic E-state index is 0.245. The summed E-state index contributed by atoms with van der Waals surface area (Å²) in [6.07, 6.45) is 3.14. The standard InChI is InChI=1S/C12H12N2O3/c1-8(11(15)16)9-3-2-4-10(7-9)14-6-5-13-12(14)17/h2-8H,1H3,(H,13,17)(H,15,16). The Hall–Kier alpha value is -2.30. The van der Waals surface area contributed by atoms with Crippen LogP contribution in [-0.2, 0) is 4.79 Å². The molecule has 1 unspecified atom stereocenters. The minimum atomic E-state index is -0.886. The quantitative estimate of drug-likeness (QED) is 0.838. The number of aliphatic carboxylic acids is 1. The summed E-state index contributed by atoms with van der Waals surface area (Å²) in [6.45, 7) is 1.61. The fourth-order valence-corrected chi connectivity index (χ4v) is 1.61. The number of aromatic nitrogens is 2. The predicted octanol–water partition coefficient (Wildman–Crippen LogP) is 1.35. The lowest BCUT2D eigenvalue weighted by Crippen LogP contribution is -2.15. The van der Waals surface area contributed by atoms with Crippen LogP contribution in [0.2, 0.25) is 0 Å². The molecule has 1 atom stereocenters. The fraction of sp³-hybridized carbons (Fsp3) is 0.167. The second-order valence-corrected chi connectivity index (χ2v) is 3.79. The van der Waals surface area contributed by atoms with Gasteiger partial charge in [0.05, 0.1) is 11.6 Å². The van der Waals surface area contributed by atoms with E-state index >= 15 is 0 Å². The Morgan fingerprint density at radius 3 is 2.82 bits per heavy atom. The van der Waals surface area contributed by atoms with E-state index in [9.17, 15) is 9.59 Å². The van der Waals surface area contributed by atoms with Gasteiger partial charge in [-0.15, -0.1) is 0 Å². The van der Waals surface area contributed by atoms with E-state index in [1.165, 1.54) is 10.8 Å². The van der Waals surface area contributed by atoms with E-state index in [4.69, 9.17) is 5.11 Å². The third kappa shape index (κ3) is 2.13. The van der Waals surface area contributed by atoms with Gasteiger partial charge in [0.2, 0.25) is 0 Å². The van der Waals surface area contributed by atoms with Gasteiger partial charge in [-0.2, -0.15) is 0 Å². The SMILES string of the molecule is CC(C(=O)O)c1cccc(-n2cc[nH]c2=O)c1. The van der Waals surface area contributed by atoms with Crippen LogP contribution in [0, 0.1) is 0 Å². The number of hydrogen-bond acceptors (Lipinski definition) is 2. The number of H-pyrrole nitrogens is 1. The second kappa shape index (κ2) is 4.29. The van der Waals surface area contributed by atoms with Crippen LogP contribution in [0.3, 0.4) is 0 Å². The molecule has 2 aromatic rings. The summed E-state index contributed by atoms with van der Waals surface area (Å²) in [5, 5.41) is 8.94. The number of benzene rings is 1. The normalized spacial score (nSPS) is 12.3. The zero-order valence-electron chi connectivity index (χ0n) is 9.25. The Morgan fingerprint density at radius 1 is 1.47 bits per heavy atom. The Balaban J connectivity index is 2.46. The van der Waals surface area contributed by atoms with Crippen LogP contribution in [0.15, 0.2) is 41.5 Å². The molecule has 0 aliphatic rings. The number of rotatable bonds is 3. The van der Waals surface area contributed by atoms with Crippen molar-refractivity contribution in [3.63, 3.8) is 0 Å². The van der Waals surface area contributed by atoms with Crippen molar-refractivity contribution in [2.24, 2.45) is 0 Å². The van der Waals surface area contributed by atoms with Gasteiger partial charge in [-0.25, -0.2) is 4.79 Å². The Kier molecular flexibility index (Phi) is 2.82. The zero-order valence-corrected chi connectivity index (χ0v) is 9.25. The van der Waals surface area contributed by atoms with Crippen molar-refractivity contribution in [3.8, 4) is 5.69 Å². The molecule has 1 heterocycles. The third-order valence-corrected chi connectivity index (χ3v) is 2.67. The smallest absolute Gasteiger partial charge is 0.330 e. The van der Waals surface area contributed by atoms with E-state index in [0.717, 1.165) is 0 Å². The van der Waals surface area contributed by atoms with E-state index in [2.05, 4.69) is 4.98 Å². The second-order valence-electron chi connectivity index (χ2n) is 3.79. The van der Waals surface area contributed by atoms with Gasteiger partial charge >= 0.3 is 11.7 Å². The number of carboxylic acid groups (broad SMARTS) is 1. The molecule has 5 nitrogen and oxygen atoms in total. The summed E-state index contributed by atoms with van der Waals surface area (Å²) in [7, 11) is 0. The Morgan fingerprint density at radius 2 is 2.24 bits per heavy atom. The lowest BCUT2D eigenvalue weighted by atomic mass is 10.0. The molecule has 2 rings (SSSR count). The highest BCUT2D eigenvalue weighted by molar-refractivity contribution is 5.75. The van der Waals surface area contributed by atoms with Crippen LogP contribution in [-0.4, -0.2) is 20.6 Å². The van der Waals surface area contributed by atoms with Crippen molar-refractivity contribution in [3.05, 3.63) is 52.7 Å². The van der Waals surface area contributed by atoms with Gasteiger partial charge < -0.3 is 10.1 Å². The molecule has 88 valence electrons. The summed E-state index contributed by atoms with van der Waals surface area (Å²) >= 11 is 0. The summed E-state index contributed by atoms with van der Waals surface area (Å²) in [5.41, 5.74) is 1.08. The van der Waals surface area contributed by atoms with Crippen molar-refractivity contribution in [1.29, 1.82) is 0 Å². The minimum Gasteiger partial charge on any atom is -0.481 e. The molecule has 0 fully saturated rings. The van der Waals surface area contributed by atoms with Gasteiger partial charge in [0.15, 0.2) is 0 Å². The number of aromatic amines is 1. The van der Waals surface area contributed by atoms with Crippen LogP contribution >= 0.6 is 0 Å². The van der Waals surface area contributed by atoms with Crippen LogP contribution in [0.4, 0.5) is 0 Å². The van der Waals surface area contributed by atoms with Crippen molar-refractivity contribution >= 4 is 5.97 Å².